The molecule has 0 bridgehead atoms. The summed E-state index contributed by atoms with van der Waals surface area (Å²) in [7, 11) is 1.88. The molecule has 114 valence electrons. The maximum Gasteiger partial charge on any atom is 0.232 e. The van der Waals surface area contributed by atoms with Gasteiger partial charge in [-0.1, -0.05) is 24.9 Å². The Bertz CT molecular complexity index is 645. The minimum atomic E-state index is -0.578. The summed E-state index contributed by atoms with van der Waals surface area (Å²) < 4.78 is 0. The van der Waals surface area contributed by atoms with Crippen LogP contribution in [0.15, 0.2) is 24.4 Å². The maximum absolute atomic E-state index is 12.8. The SMILES string of the molecule is CCCCN(C)C(=O)C(C)(C)c1c[nH]c2ccc(Cl)cc12. The summed E-state index contributed by atoms with van der Waals surface area (Å²) in [4.78, 5) is 17.8. The largest absolute Gasteiger partial charge is 0.361 e. The molecule has 0 fully saturated rings. The van der Waals surface area contributed by atoms with E-state index in [1.165, 1.54) is 0 Å². The first kappa shape index (κ1) is 15.9. The molecule has 1 N–H and O–H groups in total. The number of nitrogens with zero attached hydrogens (tertiary/aromatic N) is 1. The number of H-pyrrole nitrogens is 1. The van der Waals surface area contributed by atoms with Crippen molar-refractivity contribution in [3.8, 4) is 0 Å². The summed E-state index contributed by atoms with van der Waals surface area (Å²) in [5.41, 5.74) is 1.42. The lowest BCUT2D eigenvalue weighted by molar-refractivity contribution is -0.134. The second-order valence-corrected chi connectivity index (χ2v) is 6.53. The van der Waals surface area contributed by atoms with Crippen LogP contribution in [-0.4, -0.2) is 29.4 Å². The third-order valence-electron chi connectivity index (χ3n) is 4.05. The van der Waals surface area contributed by atoms with Crippen molar-refractivity contribution in [2.45, 2.75) is 39.0 Å². The smallest absolute Gasteiger partial charge is 0.232 e. The minimum Gasteiger partial charge on any atom is -0.361 e. The van der Waals surface area contributed by atoms with Crippen molar-refractivity contribution in [3.05, 3.63) is 35.0 Å². The lowest BCUT2D eigenvalue weighted by Crippen LogP contribution is -2.41. The standard InChI is InChI=1S/C17H23ClN2O/c1-5-6-9-20(4)16(21)17(2,3)14-11-19-15-8-7-12(18)10-13(14)15/h7-8,10-11,19H,5-6,9H2,1-4H3. The molecule has 0 saturated heterocycles. The molecular weight excluding hydrogens is 284 g/mol. The minimum absolute atomic E-state index is 0.136. The molecule has 0 aliphatic heterocycles. The number of likely N-dealkylation sites (N-methyl/N-ethyl adjacent to an activating group) is 1. The Morgan fingerprint density at radius 3 is 2.76 bits per heavy atom. The molecule has 0 unspecified atom stereocenters. The van der Waals surface area contributed by atoms with Crippen LogP contribution in [0.3, 0.4) is 0 Å². The lowest BCUT2D eigenvalue weighted by atomic mass is 9.83. The van der Waals surface area contributed by atoms with Gasteiger partial charge < -0.3 is 9.88 Å². The van der Waals surface area contributed by atoms with Gasteiger partial charge in [-0.05, 0) is 44.0 Å². The van der Waals surface area contributed by atoms with Gasteiger partial charge >= 0.3 is 0 Å². The number of rotatable bonds is 5. The Morgan fingerprint density at radius 1 is 1.38 bits per heavy atom. The predicted molar refractivity (Wildman–Crippen MR) is 88.9 cm³/mol. The molecule has 2 aromatic rings. The quantitative estimate of drug-likeness (QED) is 0.875. The van der Waals surface area contributed by atoms with Crippen molar-refractivity contribution in [1.82, 2.24) is 9.88 Å². The zero-order valence-electron chi connectivity index (χ0n) is 13.2. The third-order valence-corrected chi connectivity index (χ3v) is 4.28. The van der Waals surface area contributed by atoms with E-state index in [9.17, 15) is 4.79 Å². The molecular formula is C17H23ClN2O. The summed E-state index contributed by atoms with van der Waals surface area (Å²) in [6.45, 7) is 6.87. The summed E-state index contributed by atoms with van der Waals surface area (Å²) >= 11 is 6.10. The van der Waals surface area contributed by atoms with Crippen LogP contribution < -0.4 is 0 Å². The average molecular weight is 307 g/mol. The van der Waals surface area contributed by atoms with E-state index in [-0.39, 0.29) is 5.91 Å². The van der Waals surface area contributed by atoms with Crippen molar-refractivity contribution in [3.63, 3.8) is 0 Å². The van der Waals surface area contributed by atoms with Crippen LogP contribution >= 0.6 is 11.6 Å². The molecule has 0 aliphatic carbocycles. The van der Waals surface area contributed by atoms with E-state index in [1.54, 1.807) is 0 Å². The van der Waals surface area contributed by atoms with Crippen LogP contribution in [0.4, 0.5) is 0 Å². The highest BCUT2D eigenvalue weighted by atomic mass is 35.5. The van der Waals surface area contributed by atoms with E-state index in [1.807, 2.05) is 50.2 Å². The fraction of sp³-hybridized carbons (Fsp3) is 0.471. The van der Waals surface area contributed by atoms with E-state index in [4.69, 9.17) is 11.6 Å². The molecule has 0 spiro atoms. The molecule has 1 amide bonds. The van der Waals surface area contributed by atoms with Gasteiger partial charge in [0.1, 0.15) is 0 Å². The van der Waals surface area contributed by atoms with Crippen molar-refractivity contribution >= 4 is 28.4 Å². The first-order valence-electron chi connectivity index (χ1n) is 7.40. The van der Waals surface area contributed by atoms with Crippen LogP contribution in [0.2, 0.25) is 5.02 Å². The number of nitrogens with one attached hydrogen (secondary N) is 1. The molecule has 1 aromatic heterocycles. The highest BCUT2D eigenvalue weighted by Crippen LogP contribution is 2.33. The fourth-order valence-electron chi connectivity index (χ4n) is 2.70. The second kappa shape index (κ2) is 6.10. The number of halogens is 1. The van der Waals surface area contributed by atoms with Gasteiger partial charge in [-0.25, -0.2) is 0 Å². The zero-order chi connectivity index (χ0) is 15.6. The van der Waals surface area contributed by atoms with Crippen molar-refractivity contribution in [2.24, 2.45) is 0 Å². The number of carbonyl (C=O) groups is 1. The van der Waals surface area contributed by atoms with Gasteiger partial charge in [-0.2, -0.15) is 0 Å². The number of benzene rings is 1. The zero-order valence-corrected chi connectivity index (χ0v) is 13.9. The summed E-state index contributed by atoms with van der Waals surface area (Å²) in [5, 5.41) is 1.70. The summed E-state index contributed by atoms with van der Waals surface area (Å²) in [5.74, 6) is 0.136. The van der Waals surface area contributed by atoms with Crippen molar-refractivity contribution in [2.75, 3.05) is 13.6 Å². The molecule has 0 atom stereocenters. The number of aromatic nitrogens is 1. The molecule has 3 nitrogen and oxygen atoms in total. The van der Waals surface area contributed by atoms with Gasteiger partial charge in [-0.3, -0.25) is 4.79 Å². The Labute approximate surface area is 131 Å². The monoisotopic (exact) mass is 306 g/mol. The van der Waals surface area contributed by atoms with Gasteiger partial charge in [0, 0.05) is 35.7 Å². The first-order valence-corrected chi connectivity index (χ1v) is 7.78. The number of fused-ring (bicyclic) bond motifs is 1. The maximum atomic E-state index is 12.8. The van der Waals surface area contributed by atoms with Gasteiger partial charge in [0.2, 0.25) is 5.91 Å². The van der Waals surface area contributed by atoms with E-state index in [0.717, 1.165) is 35.9 Å². The topological polar surface area (TPSA) is 36.1 Å². The molecule has 2 rings (SSSR count). The highest BCUT2D eigenvalue weighted by Gasteiger charge is 2.34. The van der Waals surface area contributed by atoms with Gasteiger partial charge in [-0.15, -0.1) is 0 Å². The molecule has 0 radical (unpaired) electrons. The molecule has 21 heavy (non-hydrogen) atoms. The molecule has 1 heterocycles. The van der Waals surface area contributed by atoms with Crippen molar-refractivity contribution in [1.29, 1.82) is 0 Å². The summed E-state index contributed by atoms with van der Waals surface area (Å²) in [6, 6.07) is 5.72. The summed E-state index contributed by atoms with van der Waals surface area (Å²) in [6.07, 6.45) is 4.03. The Kier molecular flexibility index (Phi) is 4.62. The van der Waals surface area contributed by atoms with Gasteiger partial charge in [0.25, 0.3) is 0 Å². The van der Waals surface area contributed by atoms with E-state index < -0.39 is 5.41 Å². The Morgan fingerprint density at radius 2 is 2.10 bits per heavy atom. The third kappa shape index (κ3) is 3.08. The molecule has 1 aromatic carbocycles. The van der Waals surface area contributed by atoms with E-state index in [2.05, 4.69) is 11.9 Å². The van der Waals surface area contributed by atoms with Gasteiger partial charge in [0.15, 0.2) is 0 Å². The van der Waals surface area contributed by atoms with Gasteiger partial charge in [0.05, 0.1) is 5.41 Å². The Hall–Kier alpha value is -1.48. The first-order chi connectivity index (χ1) is 9.87. The number of aromatic amines is 1. The van der Waals surface area contributed by atoms with Crippen LogP contribution in [-0.2, 0) is 10.2 Å². The predicted octanol–water partition coefficient (Wildman–Crippen LogP) is 4.36. The van der Waals surface area contributed by atoms with Crippen LogP contribution in [0, 0.1) is 0 Å². The molecule has 4 heteroatoms. The average Bonchev–Trinajstić information content (AvgIpc) is 2.87. The normalized spacial score (nSPS) is 11.9. The number of hydrogen-bond donors (Lipinski definition) is 1. The number of amides is 1. The number of hydrogen-bond acceptors (Lipinski definition) is 1. The van der Waals surface area contributed by atoms with Crippen LogP contribution in [0.1, 0.15) is 39.2 Å². The Balaban J connectivity index is 2.36. The lowest BCUT2D eigenvalue weighted by Gasteiger charge is -2.29. The second-order valence-electron chi connectivity index (χ2n) is 6.10. The van der Waals surface area contributed by atoms with E-state index in [0.29, 0.717) is 5.02 Å². The fourth-order valence-corrected chi connectivity index (χ4v) is 2.87. The highest BCUT2D eigenvalue weighted by molar-refractivity contribution is 6.31. The number of carbonyl (C=O) groups excluding carboxylic acids is 1. The van der Waals surface area contributed by atoms with E-state index >= 15 is 0 Å². The molecule has 0 aliphatic rings. The molecule has 0 saturated carbocycles. The van der Waals surface area contributed by atoms with Crippen LogP contribution in [0.25, 0.3) is 10.9 Å². The number of unbranched alkanes of at least 4 members (excludes halogenated alkanes) is 1. The van der Waals surface area contributed by atoms with Crippen molar-refractivity contribution < 1.29 is 4.79 Å². The van der Waals surface area contributed by atoms with Crippen LogP contribution in [0.5, 0.6) is 0 Å².